The summed E-state index contributed by atoms with van der Waals surface area (Å²) in [6.07, 6.45) is 13.8. The van der Waals surface area contributed by atoms with Crippen LogP contribution in [-0.4, -0.2) is 27.6 Å². The zero-order valence-corrected chi connectivity index (χ0v) is 13.3. The largest absolute Gasteiger partial charge is 0.465 e. The summed E-state index contributed by atoms with van der Waals surface area (Å²) >= 11 is 0. The number of benzene rings is 1. The maximum absolute atomic E-state index is 11.7. The van der Waals surface area contributed by atoms with E-state index in [1.54, 1.807) is 6.20 Å². The zero-order chi connectivity index (χ0) is 16.5. The van der Waals surface area contributed by atoms with Gasteiger partial charge < -0.3 is 5.11 Å². The molecule has 4 rings (SSSR count). The van der Waals surface area contributed by atoms with Gasteiger partial charge in [0.2, 0.25) is 0 Å². The van der Waals surface area contributed by atoms with E-state index in [4.69, 9.17) is 0 Å². The predicted octanol–water partition coefficient (Wildman–Crippen LogP) is 2.87. The van der Waals surface area contributed by atoms with E-state index in [9.17, 15) is 9.90 Å². The number of hydrogen-bond acceptors (Lipinski definition) is 2. The molecule has 0 unspecified atom stereocenters. The lowest BCUT2D eigenvalue weighted by atomic mass is 9.99. The van der Waals surface area contributed by atoms with Gasteiger partial charge in [0.1, 0.15) is 0 Å². The molecule has 1 aliphatic heterocycles. The van der Waals surface area contributed by atoms with Crippen LogP contribution in [0.1, 0.15) is 24.8 Å². The van der Waals surface area contributed by atoms with E-state index in [1.807, 2.05) is 30.4 Å². The maximum atomic E-state index is 11.7. The number of pyridine rings is 1. The predicted molar refractivity (Wildman–Crippen MR) is 95.6 cm³/mol. The van der Waals surface area contributed by atoms with Gasteiger partial charge in [0, 0.05) is 29.0 Å². The lowest BCUT2D eigenvalue weighted by Gasteiger charge is -2.27. The molecule has 4 heteroatoms. The van der Waals surface area contributed by atoms with Gasteiger partial charge in [0.05, 0.1) is 5.52 Å². The van der Waals surface area contributed by atoms with Crippen molar-refractivity contribution in [2.75, 3.05) is 6.54 Å². The molecule has 0 bridgehead atoms. The molecule has 1 aromatic heterocycles. The quantitative estimate of drug-likeness (QED) is 0.812. The SMILES string of the molecule is O=C(O)N1CCCCC1=c1ccnc2ccc3c(c12)C=CC=CC=3. The van der Waals surface area contributed by atoms with Crippen LogP contribution in [0, 0.1) is 0 Å². The molecule has 0 saturated carbocycles. The second-order valence-electron chi connectivity index (χ2n) is 6.07. The first-order chi connectivity index (χ1) is 11.8. The van der Waals surface area contributed by atoms with Crippen molar-refractivity contribution in [2.24, 2.45) is 0 Å². The third-order valence-corrected chi connectivity index (χ3v) is 4.66. The molecule has 1 saturated heterocycles. The summed E-state index contributed by atoms with van der Waals surface area (Å²) in [5.41, 5.74) is 2.89. The highest BCUT2D eigenvalue weighted by Crippen LogP contribution is 2.22. The molecular formula is C20H18N2O2. The van der Waals surface area contributed by atoms with Crippen LogP contribution in [0.3, 0.4) is 0 Å². The van der Waals surface area contributed by atoms with Crippen LogP contribution >= 0.6 is 0 Å². The van der Waals surface area contributed by atoms with Crippen molar-refractivity contribution in [1.82, 2.24) is 9.88 Å². The van der Waals surface area contributed by atoms with E-state index in [2.05, 4.69) is 23.2 Å². The van der Waals surface area contributed by atoms with Crippen molar-refractivity contribution in [3.63, 3.8) is 0 Å². The standard InChI is InChI=1S/C20H18N2O2/c23-20(24)22-13-5-4-8-18(22)16-11-12-21-17-10-9-14-6-2-1-3-7-15(14)19(16)17/h1-3,6-7,9-12H,4-5,8,13H2,(H,23,24). The first kappa shape index (κ1) is 14.7. The van der Waals surface area contributed by atoms with Crippen LogP contribution in [0.15, 0.2) is 42.6 Å². The van der Waals surface area contributed by atoms with Gasteiger partial charge in [-0.25, -0.2) is 4.79 Å². The Morgan fingerprint density at radius 2 is 2.04 bits per heavy atom. The van der Waals surface area contributed by atoms with Crippen LogP contribution in [0.4, 0.5) is 4.79 Å². The first-order valence-electron chi connectivity index (χ1n) is 8.22. The minimum atomic E-state index is -0.875. The molecule has 2 aromatic rings. The second-order valence-corrected chi connectivity index (χ2v) is 6.07. The van der Waals surface area contributed by atoms with Crippen LogP contribution in [-0.2, 0) is 0 Å². The van der Waals surface area contributed by atoms with E-state index < -0.39 is 6.09 Å². The fourth-order valence-corrected chi connectivity index (χ4v) is 3.55. The summed E-state index contributed by atoms with van der Waals surface area (Å²) < 4.78 is 0. The Kier molecular flexibility index (Phi) is 3.65. The number of hydrogen-bond donors (Lipinski definition) is 1. The monoisotopic (exact) mass is 318 g/mol. The molecule has 120 valence electrons. The number of likely N-dealkylation sites (tertiary alicyclic amines) is 1. The van der Waals surface area contributed by atoms with Gasteiger partial charge in [-0.2, -0.15) is 0 Å². The average Bonchev–Trinajstić information content (AvgIpc) is 2.86. The van der Waals surface area contributed by atoms with Gasteiger partial charge in [-0.3, -0.25) is 9.88 Å². The minimum absolute atomic E-state index is 0.563. The summed E-state index contributed by atoms with van der Waals surface area (Å²) in [5, 5.41) is 12.7. The fraction of sp³-hybridized carbons (Fsp3) is 0.200. The molecule has 4 nitrogen and oxygen atoms in total. The number of amides is 1. The normalized spacial score (nSPS) is 18.9. The van der Waals surface area contributed by atoms with Gasteiger partial charge in [0.15, 0.2) is 0 Å². The topological polar surface area (TPSA) is 53.4 Å². The van der Waals surface area contributed by atoms with Crippen molar-refractivity contribution in [3.05, 3.63) is 58.6 Å². The van der Waals surface area contributed by atoms with Crippen LogP contribution in [0.2, 0.25) is 0 Å². The molecule has 2 aliphatic rings. The highest BCUT2D eigenvalue weighted by Gasteiger charge is 2.22. The molecule has 1 fully saturated rings. The summed E-state index contributed by atoms with van der Waals surface area (Å²) in [6.45, 7) is 0.563. The number of rotatable bonds is 0. The van der Waals surface area contributed by atoms with E-state index in [0.29, 0.717) is 6.54 Å². The molecule has 0 radical (unpaired) electrons. The highest BCUT2D eigenvalue weighted by atomic mass is 16.4. The van der Waals surface area contributed by atoms with Crippen molar-refractivity contribution in [2.45, 2.75) is 19.3 Å². The number of carboxylic acid groups (broad SMARTS) is 1. The lowest BCUT2D eigenvalue weighted by molar-refractivity contribution is 0.161. The van der Waals surface area contributed by atoms with Gasteiger partial charge in [-0.15, -0.1) is 0 Å². The lowest BCUT2D eigenvalue weighted by Crippen LogP contribution is -2.35. The number of aromatic nitrogens is 1. The average molecular weight is 318 g/mol. The number of fused-ring (bicyclic) bond motifs is 3. The molecular weight excluding hydrogens is 300 g/mol. The third-order valence-electron chi connectivity index (χ3n) is 4.66. The molecule has 1 N–H and O–H groups in total. The highest BCUT2D eigenvalue weighted by molar-refractivity contribution is 5.91. The Morgan fingerprint density at radius 3 is 2.92 bits per heavy atom. The molecule has 1 aromatic carbocycles. The second kappa shape index (κ2) is 5.96. The van der Waals surface area contributed by atoms with Gasteiger partial charge >= 0.3 is 6.09 Å². The van der Waals surface area contributed by atoms with E-state index in [0.717, 1.165) is 51.9 Å². The van der Waals surface area contributed by atoms with Crippen molar-refractivity contribution >= 4 is 34.8 Å². The van der Waals surface area contributed by atoms with Crippen LogP contribution < -0.4 is 10.4 Å². The molecule has 1 aliphatic carbocycles. The Morgan fingerprint density at radius 1 is 1.12 bits per heavy atom. The van der Waals surface area contributed by atoms with Crippen molar-refractivity contribution in [3.8, 4) is 0 Å². The van der Waals surface area contributed by atoms with Crippen molar-refractivity contribution in [1.29, 1.82) is 0 Å². The Balaban J connectivity index is 2.14. The van der Waals surface area contributed by atoms with E-state index in [-0.39, 0.29) is 0 Å². The smallest absolute Gasteiger partial charge is 0.411 e. The van der Waals surface area contributed by atoms with Crippen molar-refractivity contribution < 1.29 is 9.90 Å². The molecule has 0 spiro atoms. The zero-order valence-electron chi connectivity index (χ0n) is 13.3. The minimum Gasteiger partial charge on any atom is -0.465 e. The fourth-order valence-electron chi connectivity index (χ4n) is 3.55. The van der Waals surface area contributed by atoms with E-state index in [1.165, 1.54) is 4.90 Å². The summed E-state index contributed by atoms with van der Waals surface area (Å²) in [5.74, 6) is 0. The number of allylic oxidation sites excluding steroid dienone is 3. The Labute approximate surface area is 139 Å². The molecule has 2 heterocycles. The first-order valence-corrected chi connectivity index (χ1v) is 8.22. The maximum Gasteiger partial charge on any atom is 0.411 e. The Bertz CT molecular complexity index is 1000. The summed E-state index contributed by atoms with van der Waals surface area (Å²) in [6, 6.07) is 6.02. The number of nitrogens with zero attached hydrogens (tertiary/aromatic N) is 2. The molecule has 24 heavy (non-hydrogen) atoms. The Hall–Kier alpha value is -2.88. The number of carbonyl (C=O) groups is 1. The third kappa shape index (κ3) is 2.40. The van der Waals surface area contributed by atoms with Crippen LogP contribution in [0.25, 0.3) is 28.8 Å². The molecule has 1 amide bonds. The summed E-state index contributed by atoms with van der Waals surface area (Å²) in [4.78, 5) is 17.7. The summed E-state index contributed by atoms with van der Waals surface area (Å²) in [7, 11) is 0. The van der Waals surface area contributed by atoms with Gasteiger partial charge in [-0.05, 0) is 42.2 Å². The van der Waals surface area contributed by atoms with Crippen LogP contribution in [0.5, 0.6) is 0 Å². The number of piperidine rings is 1. The van der Waals surface area contributed by atoms with Gasteiger partial charge in [0.25, 0.3) is 0 Å². The molecule has 0 atom stereocenters. The van der Waals surface area contributed by atoms with Gasteiger partial charge in [-0.1, -0.05) is 36.4 Å². The van der Waals surface area contributed by atoms with E-state index >= 15 is 0 Å².